The molecule has 20 heavy (non-hydrogen) atoms. The van der Waals surface area contributed by atoms with Crippen LogP contribution in [0.3, 0.4) is 0 Å². The van der Waals surface area contributed by atoms with Crippen molar-refractivity contribution in [1.82, 2.24) is 0 Å². The van der Waals surface area contributed by atoms with Crippen molar-refractivity contribution >= 4 is 27.9 Å². The Balaban J connectivity index is 2.22. The van der Waals surface area contributed by atoms with Gasteiger partial charge < -0.3 is 4.90 Å². The lowest BCUT2D eigenvalue weighted by molar-refractivity contribution is -0.380. The third-order valence-electron chi connectivity index (χ3n) is 2.67. The van der Waals surface area contributed by atoms with Crippen molar-refractivity contribution in [2.75, 3.05) is 11.9 Å². The third kappa shape index (κ3) is 2.65. The number of benzene rings is 1. The molecule has 2 aromatic rings. The Labute approximate surface area is 118 Å². The SMILES string of the molecule is CN(C(=O)c1ccc([N+](=O)[O-])s1)c1ccc(C#N)cc1. The van der Waals surface area contributed by atoms with Crippen LogP contribution in [0.4, 0.5) is 10.7 Å². The Kier molecular flexibility index (Phi) is 3.77. The summed E-state index contributed by atoms with van der Waals surface area (Å²) in [7, 11) is 1.58. The first-order chi connectivity index (χ1) is 9.52. The highest BCUT2D eigenvalue weighted by Gasteiger charge is 2.19. The summed E-state index contributed by atoms with van der Waals surface area (Å²) < 4.78 is 0. The molecular weight excluding hydrogens is 278 g/mol. The van der Waals surface area contributed by atoms with Crippen molar-refractivity contribution in [2.45, 2.75) is 0 Å². The van der Waals surface area contributed by atoms with Crippen LogP contribution in [0.5, 0.6) is 0 Å². The van der Waals surface area contributed by atoms with Gasteiger partial charge in [-0.3, -0.25) is 14.9 Å². The predicted molar refractivity (Wildman–Crippen MR) is 74.9 cm³/mol. The number of nitrogens with zero attached hydrogens (tertiary/aromatic N) is 3. The van der Waals surface area contributed by atoms with E-state index >= 15 is 0 Å². The fourth-order valence-corrected chi connectivity index (χ4v) is 2.38. The number of nitriles is 1. The predicted octanol–water partition coefficient (Wildman–Crippen LogP) is 2.80. The second-order valence-electron chi connectivity index (χ2n) is 3.92. The highest BCUT2D eigenvalue weighted by Crippen LogP contribution is 2.26. The Bertz CT molecular complexity index is 700. The molecule has 0 atom stereocenters. The number of thiophene rings is 1. The summed E-state index contributed by atoms with van der Waals surface area (Å²) in [5.41, 5.74) is 1.12. The Morgan fingerprint density at radius 3 is 2.45 bits per heavy atom. The zero-order valence-electron chi connectivity index (χ0n) is 10.4. The number of nitro groups is 1. The molecule has 1 aromatic heterocycles. The average Bonchev–Trinajstić information content (AvgIpc) is 2.96. The minimum Gasteiger partial charge on any atom is -0.311 e. The van der Waals surface area contributed by atoms with Crippen LogP contribution in [0.15, 0.2) is 36.4 Å². The molecule has 0 unspecified atom stereocenters. The number of anilines is 1. The highest BCUT2D eigenvalue weighted by molar-refractivity contribution is 7.17. The maximum atomic E-state index is 12.2. The van der Waals surface area contributed by atoms with Crippen molar-refractivity contribution in [3.05, 3.63) is 57.0 Å². The van der Waals surface area contributed by atoms with Crippen LogP contribution in [0, 0.1) is 21.4 Å². The summed E-state index contributed by atoms with van der Waals surface area (Å²) in [6, 6.07) is 11.3. The third-order valence-corrected chi connectivity index (χ3v) is 3.70. The summed E-state index contributed by atoms with van der Waals surface area (Å²) in [5.74, 6) is -0.326. The largest absolute Gasteiger partial charge is 0.324 e. The van der Waals surface area contributed by atoms with E-state index in [0.29, 0.717) is 16.1 Å². The lowest BCUT2D eigenvalue weighted by Crippen LogP contribution is -2.25. The van der Waals surface area contributed by atoms with Crippen LogP contribution >= 0.6 is 11.3 Å². The molecule has 0 aliphatic heterocycles. The van der Waals surface area contributed by atoms with E-state index in [1.807, 2.05) is 6.07 Å². The molecule has 7 heteroatoms. The lowest BCUT2D eigenvalue weighted by Gasteiger charge is -2.16. The molecule has 1 heterocycles. The minimum absolute atomic E-state index is 0.0680. The van der Waals surface area contributed by atoms with E-state index in [4.69, 9.17) is 5.26 Å². The molecule has 100 valence electrons. The van der Waals surface area contributed by atoms with Crippen LogP contribution in [-0.4, -0.2) is 17.9 Å². The summed E-state index contributed by atoms with van der Waals surface area (Å²) in [5, 5.41) is 19.3. The standard InChI is InChI=1S/C13H9N3O3S/c1-15(10-4-2-9(8-14)3-5-10)13(17)11-6-7-12(20-11)16(18)19/h2-7H,1H3. The van der Waals surface area contributed by atoms with E-state index < -0.39 is 4.92 Å². The van der Waals surface area contributed by atoms with Gasteiger partial charge in [0.1, 0.15) is 0 Å². The van der Waals surface area contributed by atoms with Gasteiger partial charge in [-0.15, -0.1) is 0 Å². The quantitative estimate of drug-likeness (QED) is 0.641. The van der Waals surface area contributed by atoms with Crippen LogP contribution < -0.4 is 4.90 Å². The van der Waals surface area contributed by atoms with E-state index in [0.717, 1.165) is 11.3 Å². The minimum atomic E-state index is -0.525. The van der Waals surface area contributed by atoms with Gasteiger partial charge in [-0.2, -0.15) is 5.26 Å². The van der Waals surface area contributed by atoms with Crippen LogP contribution in [0.2, 0.25) is 0 Å². The number of hydrogen-bond donors (Lipinski definition) is 0. The molecule has 0 fully saturated rings. The molecule has 2 rings (SSSR count). The fourth-order valence-electron chi connectivity index (χ4n) is 1.58. The van der Waals surface area contributed by atoms with Crippen molar-refractivity contribution < 1.29 is 9.72 Å². The van der Waals surface area contributed by atoms with E-state index in [1.165, 1.54) is 17.0 Å². The maximum absolute atomic E-state index is 12.2. The first-order valence-corrected chi connectivity index (χ1v) is 6.37. The van der Waals surface area contributed by atoms with Gasteiger partial charge in [-0.1, -0.05) is 11.3 Å². The summed E-state index contributed by atoms with van der Waals surface area (Å²) >= 11 is 0.837. The molecule has 0 radical (unpaired) electrons. The normalized spacial score (nSPS) is 9.80. The highest BCUT2D eigenvalue weighted by atomic mass is 32.1. The molecule has 1 aromatic carbocycles. The van der Waals surface area contributed by atoms with Gasteiger partial charge in [-0.05, 0) is 30.3 Å². The van der Waals surface area contributed by atoms with E-state index in [1.54, 1.807) is 31.3 Å². The van der Waals surface area contributed by atoms with E-state index in [-0.39, 0.29) is 10.9 Å². The molecule has 1 amide bonds. The number of hydrogen-bond acceptors (Lipinski definition) is 5. The molecule has 6 nitrogen and oxygen atoms in total. The number of carbonyl (C=O) groups excluding carboxylic acids is 1. The van der Waals surface area contributed by atoms with Gasteiger partial charge >= 0.3 is 5.00 Å². The smallest absolute Gasteiger partial charge is 0.311 e. The maximum Gasteiger partial charge on any atom is 0.324 e. The zero-order valence-corrected chi connectivity index (χ0v) is 11.3. The van der Waals surface area contributed by atoms with Crippen LogP contribution in [0.25, 0.3) is 0 Å². The molecule has 0 saturated carbocycles. The van der Waals surface area contributed by atoms with E-state index in [9.17, 15) is 14.9 Å². The Hall–Kier alpha value is -2.72. The molecule has 0 spiro atoms. The number of carbonyl (C=O) groups is 1. The molecular formula is C13H9N3O3S. The van der Waals surface area contributed by atoms with Gasteiger partial charge in [0, 0.05) is 18.8 Å². The van der Waals surface area contributed by atoms with Crippen LogP contribution in [0.1, 0.15) is 15.2 Å². The molecule has 0 aliphatic carbocycles. The Morgan fingerprint density at radius 1 is 1.30 bits per heavy atom. The van der Waals surface area contributed by atoms with Gasteiger partial charge in [0.2, 0.25) is 0 Å². The Morgan fingerprint density at radius 2 is 1.95 bits per heavy atom. The number of amides is 1. The average molecular weight is 287 g/mol. The topological polar surface area (TPSA) is 87.2 Å². The van der Waals surface area contributed by atoms with E-state index in [2.05, 4.69) is 0 Å². The second kappa shape index (κ2) is 5.50. The monoisotopic (exact) mass is 287 g/mol. The number of rotatable bonds is 3. The summed E-state index contributed by atoms with van der Waals surface area (Å²) in [4.78, 5) is 23.9. The van der Waals surface area contributed by atoms with Crippen molar-refractivity contribution in [3.63, 3.8) is 0 Å². The van der Waals surface area contributed by atoms with Crippen molar-refractivity contribution in [1.29, 1.82) is 5.26 Å². The molecule has 0 aliphatic rings. The molecule has 0 N–H and O–H groups in total. The fraction of sp³-hybridized carbons (Fsp3) is 0.0769. The second-order valence-corrected chi connectivity index (χ2v) is 4.98. The van der Waals surface area contributed by atoms with Gasteiger partial charge in [-0.25, -0.2) is 0 Å². The lowest BCUT2D eigenvalue weighted by atomic mass is 10.2. The van der Waals surface area contributed by atoms with Gasteiger partial charge in [0.25, 0.3) is 5.91 Å². The van der Waals surface area contributed by atoms with Gasteiger partial charge in [0.15, 0.2) is 0 Å². The first-order valence-electron chi connectivity index (χ1n) is 5.55. The zero-order chi connectivity index (χ0) is 14.7. The first kappa shape index (κ1) is 13.7. The molecule has 0 saturated heterocycles. The van der Waals surface area contributed by atoms with Gasteiger partial charge in [0.05, 0.1) is 21.4 Å². The summed E-state index contributed by atoms with van der Waals surface area (Å²) in [6.45, 7) is 0. The van der Waals surface area contributed by atoms with Crippen LogP contribution in [-0.2, 0) is 0 Å². The molecule has 0 bridgehead atoms. The summed E-state index contributed by atoms with van der Waals surface area (Å²) in [6.07, 6.45) is 0. The van der Waals surface area contributed by atoms with Crippen molar-refractivity contribution in [3.8, 4) is 6.07 Å². The van der Waals surface area contributed by atoms with Crippen molar-refractivity contribution in [2.24, 2.45) is 0 Å².